The molecule has 1 amide bonds. The van der Waals surface area contributed by atoms with Crippen molar-refractivity contribution in [2.24, 2.45) is 21.1 Å². The van der Waals surface area contributed by atoms with Crippen molar-refractivity contribution in [1.29, 1.82) is 0 Å². The average molecular weight is 496 g/mol. The van der Waals surface area contributed by atoms with Gasteiger partial charge in [0.1, 0.15) is 11.2 Å². The topological polar surface area (TPSA) is 104 Å². The highest BCUT2D eigenvalue weighted by molar-refractivity contribution is 7.14. The number of benzene rings is 1. The molecular formula is C20H16F4N6O3S. The van der Waals surface area contributed by atoms with Crippen LogP contribution in [-0.2, 0) is 38.5 Å². The molecule has 4 rings (SSSR count). The fourth-order valence-corrected chi connectivity index (χ4v) is 4.17. The molecule has 0 fully saturated rings. The molecule has 3 aromatic heterocycles. The Bertz CT molecular complexity index is 1560. The minimum atomic E-state index is -4.65. The Kier molecular flexibility index (Phi) is 5.63. The van der Waals surface area contributed by atoms with Crippen molar-refractivity contribution in [3.8, 4) is 11.3 Å². The van der Waals surface area contributed by atoms with Crippen molar-refractivity contribution in [3.63, 3.8) is 0 Å². The monoisotopic (exact) mass is 496 g/mol. The molecule has 4 aromatic rings. The minimum absolute atomic E-state index is 0.0311. The number of carbonyl (C=O) groups is 1. The van der Waals surface area contributed by atoms with E-state index in [2.05, 4.69) is 15.4 Å². The first-order valence-corrected chi connectivity index (χ1v) is 10.5. The molecule has 0 unspecified atom stereocenters. The number of fused-ring (bicyclic) bond motifs is 1. The number of carbonyl (C=O) groups excluding carboxylic acids is 1. The average Bonchev–Trinajstić information content (AvgIpc) is 3.35. The van der Waals surface area contributed by atoms with Crippen LogP contribution in [-0.4, -0.2) is 29.8 Å². The Balaban J connectivity index is 1.61. The molecule has 1 N–H and O–H groups in total. The van der Waals surface area contributed by atoms with Gasteiger partial charge in [-0.1, -0.05) is 0 Å². The van der Waals surface area contributed by atoms with Crippen molar-refractivity contribution in [1.82, 2.24) is 23.9 Å². The van der Waals surface area contributed by atoms with E-state index in [-0.39, 0.29) is 39.5 Å². The van der Waals surface area contributed by atoms with Crippen LogP contribution in [0.2, 0.25) is 0 Å². The van der Waals surface area contributed by atoms with E-state index >= 15 is 0 Å². The molecule has 0 spiro atoms. The molecular weight excluding hydrogens is 480 g/mol. The number of amides is 1. The van der Waals surface area contributed by atoms with Crippen LogP contribution in [0.25, 0.3) is 22.3 Å². The third kappa shape index (κ3) is 4.00. The van der Waals surface area contributed by atoms with E-state index in [1.165, 1.54) is 35.8 Å². The van der Waals surface area contributed by atoms with E-state index in [1.54, 1.807) is 0 Å². The number of aryl methyl sites for hydroxylation is 2. The molecule has 0 saturated heterocycles. The van der Waals surface area contributed by atoms with Crippen LogP contribution in [0, 0.1) is 5.82 Å². The smallest absolute Gasteiger partial charge is 0.302 e. The molecule has 0 saturated carbocycles. The number of rotatable bonds is 4. The van der Waals surface area contributed by atoms with E-state index in [4.69, 9.17) is 0 Å². The first-order chi connectivity index (χ1) is 15.9. The zero-order valence-corrected chi connectivity index (χ0v) is 18.7. The minimum Gasteiger partial charge on any atom is -0.302 e. The van der Waals surface area contributed by atoms with Crippen LogP contribution in [0.1, 0.15) is 11.3 Å². The summed E-state index contributed by atoms with van der Waals surface area (Å²) < 4.78 is 56.5. The maximum absolute atomic E-state index is 14.1. The van der Waals surface area contributed by atoms with Gasteiger partial charge in [0.05, 0.1) is 23.4 Å². The Morgan fingerprint density at radius 3 is 2.53 bits per heavy atom. The predicted molar refractivity (Wildman–Crippen MR) is 116 cm³/mol. The number of anilines is 1. The summed E-state index contributed by atoms with van der Waals surface area (Å²) in [7, 11) is 4.28. The second-order valence-electron chi connectivity index (χ2n) is 7.43. The van der Waals surface area contributed by atoms with E-state index in [1.807, 2.05) is 0 Å². The third-order valence-corrected chi connectivity index (χ3v) is 5.96. The molecule has 34 heavy (non-hydrogen) atoms. The van der Waals surface area contributed by atoms with Gasteiger partial charge in [-0.2, -0.15) is 18.3 Å². The van der Waals surface area contributed by atoms with Crippen molar-refractivity contribution in [3.05, 3.63) is 61.5 Å². The first-order valence-electron chi connectivity index (χ1n) is 9.62. The highest BCUT2D eigenvalue weighted by Gasteiger charge is 2.31. The molecule has 0 aliphatic heterocycles. The lowest BCUT2D eigenvalue weighted by Crippen LogP contribution is -2.37. The molecule has 0 radical (unpaired) electrons. The highest BCUT2D eigenvalue weighted by Crippen LogP contribution is 2.34. The summed E-state index contributed by atoms with van der Waals surface area (Å²) in [6.45, 7) is 0. The van der Waals surface area contributed by atoms with Crippen molar-refractivity contribution < 1.29 is 22.4 Å². The van der Waals surface area contributed by atoms with Gasteiger partial charge >= 0.3 is 11.9 Å². The fraction of sp³-hybridized carbons (Fsp3) is 0.250. The van der Waals surface area contributed by atoms with Gasteiger partial charge in [-0.25, -0.2) is 14.2 Å². The third-order valence-electron chi connectivity index (χ3n) is 5.21. The Hall–Kier alpha value is -3.81. The first kappa shape index (κ1) is 23.4. The molecule has 0 aliphatic rings. The van der Waals surface area contributed by atoms with Crippen LogP contribution in [0.4, 0.5) is 22.7 Å². The van der Waals surface area contributed by atoms with E-state index < -0.39 is 34.7 Å². The predicted octanol–water partition coefficient (Wildman–Crippen LogP) is 2.43. The maximum atomic E-state index is 14.1. The zero-order chi connectivity index (χ0) is 24.9. The Morgan fingerprint density at radius 2 is 1.85 bits per heavy atom. The van der Waals surface area contributed by atoms with Crippen molar-refractivity contribution in [2.75, 3.05) is 5.32 Å². The Morgan fingerprint density at radius 1 is 1.15 bits per heavy atom. The fourth-order valence-electron chi connectivity index (χ4n) is 3.44. The van der Waals surface area contributed by atoms with E-state index in [9.17, 15) is 31.9 Å². The standard InChI is InChI=1S/C20H16F4N6O3S/c1-28-16-15(17(32)29(2)19(28)33)13(30(3)27-16)7-14(31)26-18-25-12(8-34-18)10-6-9(20(22,23)24)4-5-11(10)21/h4-6,8H,7H2,1-3H3,(H,25,26,31). The lowest BCUT2D eigenvalue weighted by atomic mass is 10.1. The molecule has 0 atom stereocenters. The summed E-state index contributed by atoms with van der Waals surface area (Å²) in [6, 6.07) is 1.99. The van der Waals surface area contributed by atoms with Gasteiger partial charge in [-0.3, -0.25) is 23.4 Å². The number of nitrogens with zero attached hydrogens (tertiary/aromatic N) is 5. The summed E-state index contributed by atoms with van der Waals surface area (Å²) >= 11 is 0.901. The number of hydrogen-bond donors (Lipinski definition) is 1. The summed E-state index contributed by atoms with van der Waals surface area (Å²) in [5.74, 6) is -1.48. The van der Waals surface area contributed by atoms with E-state index in [0.717, 1.165) is 15.9 Å². The number of nitrogens with one attached hydrogen (secondary N) is 1. The lowest BCUT2D eigenvalue weighted by Gasteiger charge is -2.08. The molecule has 14 heteroatoms. The van der Waals surface area contributed by atoms with Gasteiger partial charge in [-0.15, -0.1) is 11.3 Å². The normalized spacial score (nSPS) is 11.9. The molecule has 0 aliphatic carbocycles. The van der Waals surface area contributed by atoms with Gasteiger partial charge < -0.3 is 5.32 Å². The molecule has 9 nitrogen and oxygen atoms in total. The van der Waals surface area contributed by atoms with E-state index in [0.29, 0.717) is 18.2 Å². The number of thiazole rings is 1. The van der Waals surface area contributed by atoms with Crippen LogP contribution in [0.3, 0.4) is 0 Å². The number of alkyl halides is 3. The highest BCUT2D eigenvalue weighted by atomic mass is 32.1. The summed E-state index contributed by atoms with van der Waals surface area (Å²) in [5, 5.41) is 8.10. The molecule has 1 aromatic carbocycles. The maximum Gasteiger partial charge on any atom is 0.416 e. The summed E-state index contributed by atoms with van der Waals surface area (Å²) in [6.07, 6.45) is -4.95. The van der Waals surface area contributed by atoms with Gasteiger partial charge in [0, 0.05) is 32.1 Å². The largest absolute Gasteiger partial charge is 0.416 e. The zero-order valence-electron chi connectivity index (χ0n) is 17.9. The van der Waals surface area contributed by atoms with Crippen LogP contribution >= 0.6 is 11.3 Å². The Labute approximate surface area is 191 Å². The number of aromatic nitrogens is 5. The summed E-state index contributed by atoms with van der Waals surface area (Å²) in [5.41, 5.74) is -2.25. The van der Waals surface area contributed by atoms with Crippen molar-refractivity contribution >= 4 is 33.4 Å². The lowest BCUT2D eigenvalue weighted by molar-refractivity contribution is -0.137. The quantitative estimate of drug-likeness (QED) is 0.437. The molecule has 178 valence electrons. The molecule has 3 heterocycles. The number of hydrogen-bond acceptors (Lipinski definition) is 6. The van der Waals surface area contributed by atoms with Gasteiger partial charge in [0.15, 0.2) is 10.8 Å². The van der Waals surface area contributed by atoms with Gasteiger partial charge in [0.2, 0.25) is 5.91 Å². The van der Waals surface area contributed by atoms with Gasteiger partial charge in [0.25, 0.3) is 5.56 Å². The van der Waals surface area contributed by atoms with Crippen LogP contribution in [0.15, 0.2) is 33.2 Å². The van der Waals surface area contributed by atoms with Crippen molar-refractivity contribution in [2.45, 2.75) is 12.6 Å². The SMILES string of the molecule is Cn1nc2c(c1CC(=O)Nc1nc(-c3cc(C(F)(F)F)ccc3F)cs1)c(=O)n(C)c(=O)n2C. The van der Waals surface area contributed by atoms with Gasteiger partial charge in [-0.05, 0) is 18.2 Å². The van der Waals surface area contributed by atoms with Crippen LogP contribution < -0.4 is 16.6 Å². The van der Waals surface area contributed by atoms with Crippen LogP contribution in [0.5, 0.6) is 0 Å². The second kappa shape index (κ2) is 8.20. The second-order valence-corrected chi connectivity index (χ2v) is 8.29. The summed E-state index contributed by atoms with van der Waals surface area (Å²) in [4.78, 5) is 41.4. The number of halogens is 4. The molecule has 0 bridgehead atoms.